The van der Waals surface area contributed by atoms with Crippen LogP contribution >= 0.6 is 0 Å². The lowest BCUT2D eigenvalue weighted by atomic mass is 10.1. The van der Waals surface area contributed by atoms with Crippen LogP contribution in [0.25, 0.3) is 0 Å². The van der Waals surface area contributed by atoms with E-state index in [4.69, 9.17) is 0 Å². The highest BCUT2D eigenvalue weighted by Gasteiger charge is 2.10. The highest BCUT2D eigenvalue weighted by molar-refractivity contribution is 6.04. The third-order valence-corrected chi connectivity index (χ3v) is 4.44. The molecule has 132 valence electrons. The van der Waals surface area contributed by atoms with Gasteiger partial charge in [0, 0.05) is 17.8 Å². The van der Waals surface area contributed by atoms with Crippen molar-refractivity contribution in [3.05, 3.63) is 83.6 Å². The van der Waals surface area contributed by atoms with Crippen LogP contribution in [0.1, 0.15) is 28.4 Å². The summed E-state index contributed by atoms with van der Waals surface area (Å²) >= 11 is 0. The summed E-state index contributed by atoms with van der Waals surface area (Å²) in [5.74, 6) is 0.723. The van der Waals surface area contributed by atoms with Gasteiger partial charge >= 0.3 is 0 Å². The van der Waals surface area contributed by atoms with E-state index in [0.717, 1.165) is 23.6 Å². The van der Waals surface area contributed by atoms with E-state index in [1.165, 1.54) is 5.56 Å². The summed E-state index contributed by atoms with van der Waals surface area (Å²) in [4.78, 5) is 19.1. The van der Waals surface area contributed by atoms with Gasteiger partial charge < -0.3 is 10.2 Å². The molecule has 4 nitrogen and oxygen atoms in total. The van der Waals surface area contributed by atoms with Crippen LogP contribution in [0.3, 0.4) is 0 Å². The Labute approximate surface area is 154 Å². The highest BCUT2D eigenvalue weighted by atomic mass is 16.1. The number of pyridine rings is 1. The van der Waals surface area contributed by atoms with Gasteiger partial charge in [0.2, 0.25) is 0 Å². The second-order valence-corrected chi connectivity index (χ2v) is 6.24. The van der Waals surface area contributed by atoms with Gasteiger partial charge in [0.15, 0.2) is 0 Å². The number of nitrogens with one attached hydrogen (secondary N) is 1. The van der Waals surface area contributed by atoms with Crippen LogP contribution in [0.2, 0.25) is 0 Å². The normalized spacial score (nSPS) is 10.4. The van der Waals surface area contributed by atoms with Gasteiger partial charge in [-0.05, 0) is 68.3 Å². The molecule has 0 radical (unpaired) electrons. The predicted octanol–water partition coefficient (Wildman–Crippen LogP) is 5.11. The van der Waals surface area contributed by atoms with E-state index in [1.807, 2.05) is 62.4 Å². The fourth-order valence-electron chi connectivity index (χ4n) is 2.79. The maximum atomic E-state index is 12.4. The van der Waals surface area contributed by atoms with Gasteiger partial charge in [0.05, 0.1) is 11.9 Å². The van der Waals surface area contributed by atoms with Crippen molar-refractivity contribution in [1.29, 1.82) is 0 Å². The Bertz CT molecular complexity index is 889. The molecule has 0 unspecified atom stereocenters. The second-order valence-electron chi connectivity index (χ2n) is 6.24. The van der Waals surface area contributed by atoms with Crippen molar-refractivity contribution in [3.8, 4) is 0 Å². The van der Waals surface area contributed by atoms with Crippen molar-refractivity contribution < 1.29 is 4.79 Å². The van der Waals surface area contributed by atoms with Crippen molar-refractivity contribution in [1.82, 2.24) is 4.98 Å². The Balaban J connectivity index is 1.75. The Morgan fingerprint density at radius 2 is 1.77 bits per heavy atom. The number of hydrogen-bond donors (Lipinski definition) is 1. The van der Waals surface area contributed by atoms with Crippen molar-refractivity contribution in [2.24, 2.45) is 0 Å². The van der Waals surface area contributed by atoms with E-state index in [9.17, 15) is 4.79 Å². The lowest BCUT2D eigenvalue weighted by Crippen LogP contribution is -2.17. The minimum Gasteiger partial charge on any atom is -0.327 e. The Hall–Kier alpha value is -3.14. The molecule has 0 saturated carbocycles. The number of rotatable bonds is 5. The molecule has 1 N–H and O–H groups in total. The van der Waals surface area contributed by atoms with Gasteiger partial charge in [-0.3, -0.25) is 4.79 Å². The molecule has 1 heterocycles. The van der Waals surface area contributed by atoms with Crippen molar-refractivity contribution >= 4 is 23.1 Å². The predicted molar refractivity (Wildman–Crippen MR) is 107 cm³/mol. The summed E-state index contributed by atoms with van der Waals surface area (Å²) in [5.41, 5.74) is 4.70. The summed E-state index contributed by atoms with van der Waals surface area (Å²) in [5, 5.41) is 2.91. The Morgan fingerprint density at radius 1 is 1.00 bits per heavy atom. The molecule has 0 fully saturated rings. The third kappa shape index (κ3) is 3.91. The first-order valence-corrected chi connectivity index (χ1v) is 8.75. The summed E-state index contributed by atoms with van der Waals surface area (Å²) < 4.78 is 0. The largest absolute Gasteiger partial charge is 0.327 e. The highest BCUT2D eigenvalue weighted by Crippen LogP contribution is 2.24. The molecule has 2 aromatic carbocycles. The van der Waals surface area contributed by atoms with Crippen LogP contribution < -0.4 is 10.2 Å². The van der Waals surface area contributed by atoms with Crippen molar-refractivity contribution in [2.75, 3.05) is 16.8 Å². The Kier molecular flexibility index (Phi) is 5.32. The van der Waals surface area contributed by atoms with E-state index in [-0.39, 0.29) is 5.91 Å². The van der Waals surface area contributed by atoms with Crippen LogP contribution in [-0.4, -0.2) is 17.4 Å². The molecule has 0 aliphatic heterocycles. The van der Waals surface area contributed by atoms with Gasteiger partial charge in [-0.15, -0.1) is 0 Å². The van der Waals surface area contributed by atoms with E-state index in [0.29, 0.717) is 11.3 Å². The fourth-order valence-corrected chi connectivity index (χ4v) is 2.79. The lowest BCUT2D eigenvalue weighted by molar-refractivity contribution is 0.102. The van der Waals surface area contributed by atoms with Gasteiger partial charge in [0.25, 0.3) is 5.91 Å². The van der Waals surface area contributed by atoms with Crippen LogP contribution in [-0.2, 0) is 0 Å². The number of carbonyl (C=O) groups excluding carboxylic acids is 1. The minimum atomic E-state index is -0.127. The van der Waals surface area contributed by atoms with E-state index < -0.39 is 0 Å². The molecule has 0 aliphatic carbocycles. The minimum absolute atomic E-state index is 0.127. The molecule has 4 heteroatoms. The average molecular weight is 345 g/mol. The number of carbonyl (C=O) groups is 1. The number of hydrogen-bond acceptors (Lipinski definition) is 3. The number of nitrogens with zero attached hydrogens (tertiary/aromatic N) is 2. The molecule has 0 atom stereocenters. The quantitative estimate of drug-likeness (QED) is 0.699. The topological polar surface area (TPSA) is 45.2 Å². The summed E-state index contributed by atoms with van der Waals surface area (Å²) in [6.45, 7) is 6.94. The number of aryl methyl sites for hydroxylation is 2. The molecule has 1 aromatic heterocycles. The number of anilines is 3. The maximum Gasteiger partial charge on any atom is 0.255 e. The van der Waals surface area contributed by atoms with Crippen LogP contribution in [0, 0.1) is 13.8 Å². The molecule has 0 spiro atoms. The second kappa shape index (κ2) is 7.83. The van der Waals surface area contributed by atoms with Crippen LogP contribution in [0.4, 0.5) is 17.2 Å². The number of aromatic nitrogens is 1. The average Bonchev–Trinajstić information content (AvgIpc) is 2.67. The zero-order chi connectivity index (χ0) is 18.5. The van der Waals surface area contributed by atoms with E-state index in [1.54, 1.807) is 6.20 Å². The first-order chi connectivity index (χ1) is 12.6. The van der Waals surface area contributed by atoms with Crippen molar-refractivity contribution in [3.63, 3.8) is 0 Å². The summed E-state index contributed by atoms with van der Waals surface area (Å²) in [6, 6.07) is 19.6. The molecule has 0 saturated heterocycles. The van der Waals surface area contributed by atoms with Gasteiger partial charge in [-0.2, -0.15) is 0 Å². The van der Waals surface area contributed by atoms with Gasteiger partial charge in [-0.1, -0.05) is 24.3 Å². The fraction of sp³-hybridized carbons (Fsp3) is 0.182. The molecule has 0 bridgehead atoms. The molecular formula is C22H23N3O. The monoisotopic (exact) mass is 345 g/mol. The zero-order valence-corrected chi connectivity index (χ0v) is 15.4. The third-order valence-electron chi connectivity index (χ3n) is 4.44. The standard InChI is InChI=1S/C22H23N3O/c1-4-25(20-8-6-5-7-9-20)21-13-12-19(15-23-21)24-22(26)18-11-10-16(2)17(3)14-18/h5-15H,4H2,1-3H3,(H,24,26). The molecular weight excluding hydrogens is 322 g/mol. The van der Waals surface area contributed by atoms with Crippen LogP contribution in [0.15, 0.2) is 66.9 Å². The molecule has 3 rings (SSSR count). The molecule has 3 aromatic rings. The number of amides is 1. The smallest absolute Gasteiger partial charge is 0.255 e. The van der Waals surface area contributed by atoms with E-state index >= 15 is 0 Å². The van der Waals surface area contributed by atoms with E-state index in [2.05, 4.69) is 34.3 Å². The molecule has 0 aliphatic rings. The van der Waals surface area contributed by atoms with Crippen LogP contribution in [0.5, 0.6) is 0 Å². The van der Waals surface area contributed by atoms with Gasteiger partial charge in [0.1, 0.15) is 5.82 Å². The van der Waals surface area contributed by atoms with Crippen molar-refractivity contribution in [2.45, 2.75) is 20.8 Å². The number of para-hydroxylation sites is 1. The summed E-state index contributed by atoms with van der Waals surface area (Å²) in [7, 11) is 0. The SMILES string of the molecule is CCN(c1ccccc1)c1ccc(NC(=O)c2ccc(C)c(C)c2)cn1. The molecule has 26 heavy (non-hydrogen) atoms. The lowest BCUT2D eigenvalue weighted by Gasteiger charge is -2.22. The molecule has 1 amide bonds. The number of benzene rings is 2. The summed E-state index contributed by atoms with van der Waals surface area (Å²) in [6.07, 6.45) is 1.69. The van der Waals surface area contributed by atoms with Gasteiger partial charge in [-0.25, -0.2) is 4.98 Å². The first kappa shape index (κ1) is 17.7. The Morgan fingerprint density at radius 3 is 2.38 bits per heavy atom. The first-order valence-electron chi connectivity index (χ1n) is 8.75. The maximum absolute atomic E-state index is 12.4. The zero-order valence-electron chi connectivity index (χ0n) is 15.4.